The van der Waals surface area contributed by atoms with E-state index in [1.807, 2.05) is 24.3 Å². The summed E-state index contributed by atoms with van der Waals surface area (Å²) < 4.78 is 31.0. The highest BCUT2D eigenvalue weighted by Crippen LogP contribution is 2.22. The van der Waals surface area contributed by atoms with Crippen molar-refractivity contribution in [1.82, 2.24) is 9.71 Å². The van der Waals surface area contributed by atoms with Gasteiger partial charge >= 0.3 is 5.97 Å². The molecule has 8 heteroatoms. The number of carbonyl (C=O) groups is 2. The number of para-hydroxylation sites is 1. The van der Waals surface area contributed by atoms with Crippen LogP contribution in [0.3, 0.4) is 0 Å². The molecule has 150 valence electrons. The smallest absolute Gasteiger partial charge is 0.321 e. The molecule has 1 aromatic heterocycles. The van der Waals surface area contributed by atoms with Crippen molar-refractivity contribution in [3.63, 3.8) is 0 Å². The quantitative estimate of drug-likeness (QED) is 0.437. The third-order valence-electron chi connectivity index (χ3n) is 4.19. The lowest BCUT2D eigenvalue weighted by atomic mass is 10.1. The fraction of sp³-hybridized carbons (Fsp3) is 0.143. The van der Waals surface area contributed by atoms with Gasteiger partial charge in [-0.1, -0.05) is 48.5 Å². The molecule has 3 rings (SSSR count). The van der Waals surface area contributed by atoms with Crippen LogP contribution in [0.4, 0.5) is 0 Å². The molecule has 0 amide bonds. The van der Waals surface area contributed by atoms with E-state index in [0.29, 0.717) is 16.8 Å². The molecule has 0 saturated carbocycles. The van der Waals surface area contributed by atoms with E-state index in [9.17, 15) is 18.0 Å². The lowest BCUT2D eigenvalue weighted by Gasteiger charge is -2.05. The molecule has 0 unspecified atom stereocenters. The Bertz CT molecular complexity index is 1160. The molecule has 3 aromatic rings. The highest BCUT2D eigenvalue weighted by atomic mass is 32.2. The fourth-order valence-corrected chi connectivity index (χ4v) is 3.60. The highest BCUT2D eigenvalue weighted by molar-refractivity contribution is 7.92. The van der Waals surface area contributed by atoms with Gasteiger partial charge in [0, 0.05) is 27.6 Å². The van der Waals surface area contributed by atoms with Crippen LogP contribution in [-0.4, -0.2) is 38.3 Å². The number of benzene rings is 2. The maximum absolute atomic E-state index is 12.5. The molecule has 0 saturated heterocycles. The third kappa shape index (κ3) is 5.40. The standard InChI is InChI=1S/C21H20N2O5S/c1-15-21(17-9-5-6-10-18(17)23-15)19(24)14-28-20(25)13-22-29(26,27)12-11-16-7-3-2-4-8-16/h2-12,22-23H,13-14H2,1H3/b12-11+. The number of aryl methyl sites for hydroxylation is 1. The number of hydrogen-bond donors (Lipinski definition) is 2. The first kappa shape index (κ1) is 20.5. The number of fused-ring (bicyclic) bond motifs is 1. The van der Waals surface area contributed by atoms with Gasteiger partial charge in [0.2, 0.25) is 15.8 Å². The Labute approximate surface area is 168 Å². The topological polar surface area (TPSA) is 105 Å². The van der Waals surface area contributed by atoms with Gasteiger partial charge in [-0.15, -0.1) is 0 Å². The van der Waals surface area contributed by atoms with Crippen LogP contribution < -0.4 is 4.72 Å². The van der Waals surface area contributed by atoms with Crippen LogP contribution in [0.1, 0.15) is 21.6 Å². The second-order valence-electron chi connectivity index (χ2n) is 6.33. The first-order chi connectivity index (χ1) is 13.9. The summed E-state index contributed by atoms with van der Waals surface area (Å²) in [5.74, 6) is -1.20. The molecule has 0 radical (unpaired) electrons. The fourth-order valence-electron chi connectivity index (χ4n) is 2.85. The number of rotatable bonds is 8. The first-order valence-corrected chi connectivity index (χ1v) is 10.4. The van der Waals surface area contributed by atoms with Crippen molar-refractivity contribution >= 4 is 38.8 Å². The van der Waals surface area contributed by atoms with E-state index in [1.54, 1.807) is 37.3 Å². The number of ether oxygens (including phenoxy) is 1. The summed E-state index contributed by atoms with van der Waals surface area (Å²) in [6.45, 7) is 0.729. The number of carbonyl (C=O) groups excluding carboxylic acids is 2. The Kier molecular flexibility index (Phi) is 6.26. The lowest BCUT2D eigenvalue weighted by Crippen LogP contribution is -2.30. The van der Waals surface area contributed by atoms with E-state index in [4.69, 9.17) is 4.74 Å². The molecule has 7 nitrogen and oxygen atoms in total. The van der Waals surface area contributed by atoms with Gasteiger partial charge in [-0.05, 0) is 24.6 Å². The van der Waals surface area contributed by atoms with E-state index in [0.717, 1.165) is 16.3 Å². The summed E-state index contributed by atoms with van der Waals surface area (Å²) in [7, 11) is -3.81. The Hall–Kier alpha value is -3.23. The van der Waals surface area contributed by atoms with Crippen LogP contribution in [0, 0.1) is 6.92 Å². The Balaban J connectivity index is 1.54. The molecule has 0 aliphatic carbocycles. The summed E-state index contributed by atoms with van der Waals surface area (Å²) in [6.07, 6.45) is 1.41. The summed E-state index contributed by atoms with van der Waals surface area (Å²) in [4.78, 5) is 27.4. The van der Waals surface area contributed by atoms with Crippen LogP contribution in [0.25, 0.3) is 17.0 Å². The van der Waals surface area contributed by atoms with Crippen molar-refractivity contribution in [3.05, 3.63) is 76.8 Å². The minimum absolute atomic E-state index is 0.361. The molecule has 2 aromatic carbocycles. The summed E-state index contributed by atoms with van der Waals surface area (Å²) in [5.41, 5.74) is 2.66. The van der Waals surface area contributed by atoms with Gasteiger partial charge in [-0.3, -0.25) is 9.59 Å². The predicted octanol–water partition coefficient (Wildman–Crippen LogP) is 2.79. The van der Waals surface area contributed by atoms with E-state index in [2.05, 4.69) is 9.71 Å². The summed E-state index contributed by atoms with van der Waals surface area (Å²) >= 11 is 0. The lowest BCUT2D eigenvalue weighted by molar-refractivity contribution is -0.141. The summed E-state index contributed by atoms with van der Waals surface area (Å²) in [6, 6.07) is 16.2. The number of hydrogen-bond acceptors (Lipinski definition) is 5. The Morgan fingerprint density at radius 1 is 1.07 bits per heavy atom. The van der Waals surface area contributed by atoms with Crippen molar-refractivity contribution in [3.8, 4) is 0 Å². The largest absolute Gasteiger partial charge is 0.456 e. The number of ketones is 1. The van der Waals surface area contributed by atoms with Crippen LogP contribution >= 0.6 is 0 Å². The number of sulfonamides is 1. The highest BCUT2D eigenvalue weighted by Gasteiger charge is 2.18. The monoisotopic (exact) mass is 412 g/mol. The van der Waals surface area contributed by atoms with Gasteiger partial charge in [0.15, 0.2) is 6.61 Å². The van der Waals surface area contributed by atoms with Crippen LogP contribution in [0.5, 0.6) is 0 Å². The molecular formula is C21H20N2O5S. The van der Waals surface area contributed by atoms with Gasteiger partial charge in [0.05, 0.1) is 0 Å². The van der Waals surface area contributed by atoms with Crippen LogP contribution in [0.2, 0.25) is 0 Å². The maximum Gasteiger partial charge on any atom is 0.321 e. The molecule has 0 bridgehead atoms. The van der Waals surface area contributed by atoms with E-state index in [-0.39, 0.29) is 5.78 Å². The molecule has 0 atom stereocenters. The third-order valence-corrected chi connectivity index (χ3v) is 5.23. The molecule has 0 aliphatic heterocycles. The number of aromatic nitrogens is 1. The second-order valence-corrected chi connectivity index (χ2v) is 7.98. The van der Waals surface area contributed by atoms with E-state index >= 15 is 0 Å². The molecule has 29 heavy (non-hydrogen) atoms. The van der Waals surface area contributed by atoms with Gasteiger partial charge in [0.1, 0.15) is 6.54 Å². The molecule has 1 heterocycles. The Morgan fingerprint density at radius 3 is 2.52 bits per heavy atom. The van der Waals surface area contributed by atoms with Gasteiger partial charge < -0.3 is 9.72 Å². The molecule has 0 fully saturated rings. The predicted molar refractivity (Wildman–Crippen MR) is 111 cm³/mol. The van der Waals surface area contributed by atoms with Gasteiger partial charge in [-0.2, -0.15) is 0 Å². The van der Waals surface area contributed by atoms with E-state index < -0.39 is 29.1 Å². The average molecular weight is 412 g/mol. The zero-order chi connectivity index (χ0) is 20.9. The van der Waals surface area contributed by atoms with Crippen LogP contribution in [-0.2, 0) is 19.6 Å². The van der Waals surface area contributed by atoms with Crippen LogP contribution in [0.15, 0.2) is 60.0 Å². The molecule has 0 spiro atoms. The number of esters is 1. The van der Waals surface area contributed by atoms with Crippen molar-refractivity contribution in [2.75, 3.05) is 13.2 Å². The van der Waals surface area contributed by atoms with Gasteiger partial charge in [0.25, 0.3) is 0 Å². The van der Waals surface area contributed by atoms with Crippen molar-refractivity contribution < 1.29 is 22.7 Å². The summed E-state index contributed by atoms with van der Waals surface area (Å²) in [5, 5.41) is 1.72. The second kappa shape index (κ2) is 8.85. The average Bonchev–Trinajstić information content (AvgIpc) is 3.05. The van der Waals surface area contributed by atoms with Crippen molar-refractivity contribution in [1.29, 1.82) is 0 Å². The zero-order valence-electron chi connectivity index (χ0n) is 15.7. The number of H-pyrrole nitrogens is 1. The molecule has 0 aliphatic rings. The zero-order valence-corrected chi connectivity index (χ0v) is 16.5. The minimum atomic E-state index is -3.81. The number of nitrogens with one attached hydrogen (secondary N) is 2. The normalized spacial score (nSPS) is 11.8. The number of Topliss-reactive ketones (excluding diaryl/α,β-unsaturated/α-hetero) is 1. The molecular weight excluding hydrogens is 392 g/mol. The number of aromatic amines is 1. The van der Waals surface area contributed by atoms with Crippen molar-refractivity contribution in [2.45, 2.75) is 6.92 Å². The minimum Gasteiger partial charge on any atom is -0.456 e. The SMILES string of the molecule is Cc1[nH]c2ccccc2c1C(=O)COC(=O)CNS(=O)(=O)/C=C/c1ccccc1. The van der Waals surface area contributed by atoms with Gasteiger partial charge in [-0.25, -0.2) is 13.1 Å². The van der Waals surface area contributed by atoms with Crippen molar-refractivity contribution in [2.24, 2.45) is 0 Å². The maximum atomic E-state index is 12.5. The molecule has 2 N–H and O–H groups in total. The first-order valence-electron chi connectivity index (χ1n) is 8.84. The van der Waals surface area contributed by atoms with E-state index in [1.165, 1.54) is 6.08 Å². The Morgan fingerprint density at radius 2 is 1.76 bits per heavy atom.